The van der Waals surface area contributed by atoms with E-state index in [0.717, 1.165) is 18.4 Å². The number of rotatable bonds is 8. The van der Waals surface area contributed by atoms with Crippen LogP contribution in [0.5, 0.6) is 0 Å². The molecule has 4 heteroatoms. The summed E-state index contributed by atoms with van der Waals surface area (Å²) in [6.45, 7) is 4.84. The van der Waals surface area contributed by atoms with Gasteiger partial charge in [-0.3, -0.25) is 0 Å². The van der Waals surface area contributed by atoms with E-state index in [0.29, 0.717) is 19.0 Å². The van der Waals surface area contributed by atoms with Crippen LogP contribution in [0.3, 0.4) is 0 Å². The predicted octanol–water partition coefficient (Wildman–Crippen LogP) is 3.69. The summed E-state index contributed by atoms with van der Waals surface area (Å²) in [4.78, 5) is 12.8. The van der Waals surface area contributed by atoms with Crippen molar-refractivity contribution in [2.45, 2.75) is 39.2 Å². The summed E-state index contributed by atoms with van der Waals surface area (Å²) in [7, 11) is 1.42. The number of esters is 1. The zero-order valence-electron chi connectivity index (χ0n) is 11.9. The first kappa shape index (κ1) is 15.9. The third-order valence-electron chi connectivity index (χ3n) is 3.01. The molecule has 0 saturated heterocycles. The van der Waals surface area contributed by atoms with Crippen LogP contribution in [0.2, 0.25) is 0 Å². The quantitative estimate of drug-likeness (QED) is 0.583. The number of carbonyl (C=O) groups excluding carboxylic acids is 1. The standard InChI is InChI=1S/C15H23NO2S/c1-4-7-13(14-8-6-11-19-14)16-10-9-12(5-2)15(17)18-3/h6,8-9,11,13,16H,4-5,7,10H2,1-3H3/b12-9-. The van der Waals surface area contributed by atoms with E-state index in [1.807, 2.05) is 13.0 Å². The Kier molecular flexibility index (Phi) is 7.45. The average molecular weight is 281 g/mol. The second kappa shape index (κ2) is 8.88. The maximum atomic E-state index is 11.5. The molecule has 1 aromatic heterocycles. The van der Waals surface area contributed by atoms with Gasteiger partial charge in [0.15, 0.2) is 0 Å². The van der Waals surface area contributed by atoms with E-state index in [-0.39, 0.29) is 5.97 Å². The number of ether oxygens (including phenoxy) is 1. The highest BCUT2D eigenvalue weighted by Gasteiger charge is 2.11. The van der Waals surface area contributed by atoms with Gasteiger partial charge in [-0.1, -0.05) is 32.4 Å². The van der Waals surface area contributed by atoms with Crippen molar-refractivity contribution in [1.29, 1.82) is 0 Å². The van der Waals surface area contributed by atoms with Crippen LogP contribution in [0, 0.1) is 0 Å². The van der Waals surface area contributed by atoms with Crippen LogP contribution in [0.25, 0.3) is 0 Å². The maximum Gasteiger partial charge on any atom is 0.333 e. The Bertz CT molecular complexity index is 398. The molecule has 3 nitrogen and oxygen atoms in total. The van der Waals surface area contributed by atoms with Crippen molar-refractivity contribution in [2.24, 2.45) is 0 Å². The van der Waals surface area contributed by atoms with Crippen LogP contribution >= 0.6 is 11.3 Å². The van der Waals surface area contributed by atoms with E-state index in [1.54, 1.807) is 11.3 Å². The van der Waals surface area contributed by atoms with Gasteiger partial charge in [0.05, 0.1) is 7.11 Å². The van der Waals surface area contributed by atoms with Crippen molar-refractivity contribution in [3.8, 4) is 0 Å². The Morgan fingerprint density at radius 1 is 1.53 bits per heavy atom. The summed E-state index contributed by atoms with van der Waals surface area (Å²) >= 11 is 1.77. The van der Waals surface area contributed by atoms with Gasteiger partial charge in [-0.2, -0.15) is 0 Å². The first-order valence-electron chi connectivity index (χ1n) is 6.77. The summed E-state index contributed by atoms with van der Waals surface area (Å²) in [6.07, 6.45) is 4.87. The van der Waals surface area contributed by atoms with Gasteiger partial charge in [-0.05, 0) is 24.3 Å². The largest absolute Gasteiger partial charge is 0.466 e. The molecule has 1 unspecified atom stereocenters. The van der Waals surface area contributed by atoms with Gasteiger partial charge in [0, 0.05) is 23.0 Å². The van der Waals surface area contributed by atoms with Crippen LogP contribution in [0.15, 0.2) is 29.2 Å². The average Bonchev–Trinajstić information content (AvgIpc) is 2.95. The van der Waals surface area contributed by atoms with Gasteiger partial charge in [0.2, 0.25) is 0 Å². The van der Waals surface area contributed by atoms with Crippen LogP contribution in [0.4, 0.5) is 0 Å². The molecule has 0 aromatic carbocycles. The minimum absolute atomic E-state index is 0.229. The molecule has 0 aliphatic rings. The summed E-state index contributed by atoms with van der Waals surface area (Å²) in [5.74, 6) is -0.229. The highest BCUT2D eigenvalue weighted by molar-refractivity contribution is 7.10. The van der Waals surface area contributed by atoms with Crippen molar-refractivity contribution in [1.82, 2.24) is 5.32 Å². The van der Waals surface area contributed by atoms with Gasteiger partial charge in [0.1, 0.15) is 0 Å². The fourth-order valence-corrected chi connectivity index (χ4v) is 2.79. The lowest BCUT2D eigenvalue weighted by Gasteiger charge is -2.15. The smallest absolute Gasteiger partial charge is 0.333 e. The molecule has 1 atom stereocenters. The lowest BCUT2D eigenvalue weighted by atomic mass is 10.1. The number of nitrogens with one attached hydrogen (secondary N) is 1. The van der Waals surface area contributed by atoms with E-state index in [4.69, 9.17) is 4.74 Å². The molecular formula is C15H23NO2S. The Balaban J connectivity index is 2.57. The van der Waals surface area contributed by atoms with Crippen LogP contribution in [0.1, 0.15) is 44.0 Å². The van der Waals surface area contributed by atoms with Gasteiger partial charge >= 0.3 is 5.97 Å². The number of methoxy groups -OCH3 is 1. The van der Waals surface area contributed by atoms with Crippen LogP contribution in [-0.4, -0.2) is 19.6 Å². The molecule has 0 saturated carbocycles. The van der Waals surface area contributed by atoms with E-state index in [2.05, 4.69) is 29.8 Å². The molecule has 19 heavy (non-hydrogen) atoms. The van der Waals surface area contributed by atoms with Crippen molar-refractivity contribution in [3.63, 3.8) is 0 Å². The van der Waals surface area contributed by atoms with E-state index in [9.17, 15) is 4.79 Å². The van der Waals surface area contributed by atoms with Gasteiger partial charge < -0.3 is 10.1 Å². The second-order valence-corrected chi connectivity index (χ2v) is 5.32. The molecule has 1 heterocycles. The number of carbonyl (C=O) groups is 1. The number of hydrogen-bond donors (Lipinski definition) is 1. The predicted molar refractivity (Wildman–Crippen MR) is 80.4 cm³/mol. The SMILES string of the molecule is CCCC(NC/C=C(/CC)C(=O)OC)c1cccs1. The van der Waals surface area contributed by atoms with Crippen molar-refractivity contribution < 1.29 is 9.53 Å². The monoisotopic (exact) mass is 281 g/mol. The molecule has 0 aliphatic heterocycles. The normalized spacial score (nSPS) is 13.3. The van der Waals surface area contributed by atoms with Gasteiger partial charge in [-0.15, -0.1) is 11.3 Å². The molecule has 0 fully saturated rings. The molecule has 0 radical (unpaired) electrons. The Hall–Kier alpha value is -1.13. The highest BCUT2D eigenvalue weighted by Crippen LogP contribution is 2.22. The van der Waals surface area contributed by atoms with E-state index < -0.39 is 0 Å². The molecule has 0 aliphatic carbocycles. The fourth-order valence-electron chi connectivity index (χ4n) is 1.95. The fraction of sp³-hybridized carbons (Fsp3) is 0.533. The molecule has 0 amide bonds. The third-order valence-corrected chi connectivity index (χ3v) is 3.99. The maximum absolute atomic E-state index is 11.5. The van der Waals surface area contributed by atoms with E-state index in [1.165, 1.54) is 12.0 Å². The van der Waals surface area contributed by atoms with Crippen LogP contribution < -0.4 is 5.32 Å². The molecule has 1 rings (SSSR count). The zero-order valence-corrected chi connectivity index (χ0v) is 12.8. The van der Waals surface area contributed by atoms with Crippen molar-refractivity contribution >= 4 is 17.3 Å². The Morgan fingerprint density at radius 2 is 2.32 bits per heavy atom. The summed E-state index contributed by atoms with van der Waals surface area (Å²) < 4.78 is 4.75. The van der Waals surface area contributed by atoms with Gasteiger partial charge in [-0.25, -0.2) is 4.79 Å². The second-order valence-electron chi connectivity index (χ2n) is 4.34. The molecular weight excluding hydrogens is 258 g/mol. The molecule has 106 valence electrons. The topological polar surface area (TPSA) is 38.3 Å². The zero-order chi connectivity index (χ0) is 14.1. The summed E-state index contributed by atoms with van der Waals surface area (Å²) in [5, 5.41) is 5.59. The molecule has 1 N–H and O–H groups in total. The lowest BCUT2D eigenvalue weighted by Crippen LogP contribution is -2.21. The Morgan fingerprint density at radius 3 is 2.84 bits per heavy atom. The lowest BCUT2D eigenvalue weighted by molar-refractivity contribution is -0.136. The van der Waals surface area contributed by atoms with E-state index >= 15 is 0 Å². The molecule has 0 spiro atoms. The Labute approximate surface area is 119 Å². The van der Waals surface area contributed by atoms with Crippen LogP contribution in [-0.2, 0) is 9.53 Å². The number of thiophene rings is 1. The summed E-state index contributed by atoms with van der Waals surface area (Å²) in [5.41, 5.74) is 0.733. The first-order valence-corrected chi connectivity index (χ1v) is 7.65. The highest BCUT2D eigenvalue weighted by atomic mass is 32.1. The van der Waals surface area contributed by atoms with Gasteiger partial charge in [0.25, 0.3) is 0 Å². The minimum Gasteiger partial charge on any atom is -0.466 e. The first-order chi connectivity index (χ1) is 9.22. The third kappa shape index (κ3) is 5.17. The molecule has 1 aromatic rings. The van der Waals surface area contributed by atoms with Crippen molar-refractivity contribution in [2.75, 3.05) is 13.7 Å². The molecule has 0 bridgehead atoms. The number of hydrogen-bond acceptors (Lipinski definition) is 4. The van der Waals surface area contributed by atoms with Crippen molar-refractivity contribution in [3.05, 3.63) is 34.0 Å². The summed E-state index contributed by atoms with van der Waals surface area (Å²) in [6, 6.07) is 4.60. The minimum atomic E-state index is -0.229.